The molecule has 0 aliphatic carbocycles. The summed E-state index contributed by atoms with van der Waals surface area (Å²) >= 11 is 0. The van der Waals surface area contributed by atoms with Gasteiger partial charge in [0.05, 0.1) is 13.3 Å². The van der Waals surface area contributed by atoms with Crippen molar-refractivity contribution in [3.63, 3.8) is 0 Å². The van der Waals surface area contributed by atoms with Gasteiger partial charge in [-0.25, -0.2) is 5.43 Å². The van der Waals surface area contributed by atoms with Crippen LogP contribution in [0.1, 0.15) is 11.1 Å². The molecule has 3 amide bonds. The van der Waals surface area contributed by atoms with Crippen molar-refractivity contribution in [1.82, 2.24) is 10.7 Å². The number of anilines is 1. The second-order valence-corrected chi connectivity index (χ2v) is 6.97. The highest BCUT2D eigenvalue weighted by Crippen LogP contribution is 2.16. The van der Waals surface area contributed by atoms with Crippen LogP contribution in [0.15, 0.2) is 84.0 Å². The molecule has 0 heterocycles. The largest absolute Gasteiger partial charge is 0.497 e. The van der Waals surface area contributed by atoms with Gasteiger partial charge in [-0.2, -0.15) is 5.10 Å². The number of nitrogens with one attached hydrogen (secondary N) is 3. The van der Waals surface area contributed by atoms with E-state index in [-0.39, 0.29) is 19.1 Å². The lowest BCUT2D eigenvalue weighted by Crippen LogP contribution is -2.37. The molecular weight excluding hydrogens is 436 g/mol. The van der Waals surface area contributed by atoms with Gasteiger partial charge in [0.1, 0.15) is 11.5 Å². The summed E-state index contributed by atoms with van der Waals surface area (Å²) in [7, 11) is 1.56. The lowest BCUT2D eigenvalue weighted by molar-refractivity contribution is -0.139. The first kappa shape index (κ1) is 24.0. The standard InChI is InChI=1S/C25H24N4O5/c1-33-21-13-11-18(12-14-21)15-26-24(31)25(32)29-27-16-19-7-5-6-10-22(19)34-17-23(30)28-20-8-3-2-4-9-20/h2-14,16H,15,17H2,1H3,(H,26,31)(H,28,30)(H,29,32)/b27-16-. The lowest BCUT2D eigenvalue weighted by Gasteiger charge is -2.09. The van der Waals surface area contributed by atoms with Crippen molar-refractivity contribution in [3.8, 4) is 11.5 Å². The second-order valence-electron chi connectivity index (χ2n) is 6.97. The molecular formula is C25H24N4O5. The normalized spacial score (nSPS) is 10.4. The van der Waals surface area contributed by atoms with Crippen molar-refractivity contribution in [3.05, 3.63) is 90.0 Å². The van der Waals surface area contributed by atoms with Crippen LogP contribution < -0.4 is 25.5 Å². The Morgan fingerprint density at radius 2 is 1.59 bits per heavy atom. The van der Waals surface area contributed by atoms with Gasteiger partial charge in [-0.1, -0.05) is 42.5 Å². The first-order valence-electron chi connectivity index (χ1n) is 10.4. The SMILES string of the molecule is COc1ccc(CNC(=O)C(=O)N/N=C\c2ccccc2OCC(=O)Nc2ccccc2)cc1. The van der Waals surface area contributed by atoms with Crippen LogP contribution in [-0.2, 0) is 20.9 Å². The fourth-order valence-corrected chi connectivity index (χ4v) is 2.80. The fraction of sp³-hybridized carbons (Fsp3) is 0.120. The summed E-state index contributed by atoms with van der Waals surface area (Å²) in [6, 6.07) is 23.0. The molecule has 3 aromatic carbocycles. The van der Waals surface area contributed by atoms with Crippen molar-refractivity contribution in [1.29, 1.82) is 0 Å². The summed E-state index contributed by atoms with van der Waals surface area (Å²) in [5.74, 6) is -0.962. The third kappa shape index (κ3) is 7.49. The molecule has 0 atom stereocenters. The number of carbonyl (C=O) groups excluding carboxylic acids is 3. The minimum atomic E-state index is -0.912. The number of hydrogen-bond acceptors (Lipinski definition) is 6. The predicted octanol–water partition coefficient (Wildman–Crippen LogP) is 2.48. The summed E-state index contributed by atoms with van der Waals surface area (Å²) < 4.78 is 10.7. The fourth-order valence-electron chi connectivity index (χ4n) is 2.80. The highest BCUT2D eigenvalue weighted by atomic mass is 16.5. The highest BCUT2D eigenvalue weighted by molar-refractivity contribution is 6.35. The van der Waals surface area contributed by atoms with Crippen LogP contribution in [0.3, 0.4) is 0 Å². The number of hydrazone groups is 1. The number of ether oxygens (including phenoxy) is 2. The van der Waals surface area contributed by atoms with Gasteiger partial charge in [-0.15, -0.1) is 0 Å². The summed E-state index contributed by atoms with van der Waals surface area (Å²) in [4.78, 5) is 36.1. The number of carbonyl (C=O) groups is 3. The van der Waals surface area contributed by atoms with Crippen molar-refractivity contribution < 1.29 is 23.9 Å². The Kier molecular flexibility index (Phi) is 8.75. The zero-order chi connectivity index (χ0) is 24.2. The van der Waals surface area contributed by atoms with Crippen LogP contribution in [-0.4, -0.2) is 37.7 Å². The molecule has 0 fully saturated rings. The van der Waals surface area contributed by atoms with Crippen LogP contribution in [0, 0.1) is 0 Å². The molecule has 0 saturated heterocycles. The summed E-state index contributed by atoms with van der Waals surface area (Å²) in [6.45, 7) is -0.0262. The Morgan fingerprint density at radius 3 is 2.32 bits per heavy atom. The molecule has 9 heteroatoms. The third-order valence-corrected chi connectivity index (χ3v) is 4.52. The van der Waals surface area contributed by atoms with E-state index in [1.807, 2.05) is 18.2 Å². The molecule has 0 bridgehead atoms. The molecule has 0 saturated carbocycles. The minimum absolute atomic E-state index is 0.182. The Bertz CT molecular complexity index is 1150. The molecule has 9 nitrogen and oxygen atoms in total. The number of nitrogens with zero attached hydrogens (tertiary/aromatic N) is 1. The van der Waals surface area contributed by atoms with Crippen molar-refractivity contribution in [2.75, 3.05) is 19.0 Å². The molecule has 0 radical (unpaired) electrons. The molecule has 0 aliphatic heterocycles. The molecule has 3 rings (SSSR count). The van der Waals surface area contributed by atoms with E-state index in [1.165, 1.54) is 6.21 Å². The Balaban J connectivity index is 1.47. The van der Waals surface area contributed by atoms with Gasteiger partial charge in [0.2, 0.25) is 0 Å². The van der Waals surface area contributed by atoms with Gasteiger partial charge < -0.3 is 20.1 Å². The van der Waals surface area contributed by atoms with Crippen LogP contribution in [0.4, 0.5) is 5.69 Å². The van der Waals surface area contributed by atoms with E-state index < -0.39 is 11.8 Å². The zero-order valence-electron chi connectivity index (χ0n) is 18.5. The third-order valence-electron chi connectivity index (χ3n) is 4.52. The van der Waals surface area contributed by atoms with E-state index in [2.05, 4.69) is 21.2 Å². The monoisotopic (exact) mass is 460 g/mol. The van der Waals surface area contributed by atoms with Gasteiger partial charge in [-0.05, 0) is 42.0 Å². The van der Waals surface area contributed by atoms with Crippen molar-refractivity contribution in [2.24, 2.45) is 5.10 Å². The maximum Gasteiger partial charge on any atom is 0.329 e. The molecule has 174 valence electrons. The van der Waals surface area contributed by atoms with Crippen molar-refractivity contribution in [2.45, 2.75) is 6.54 Å². The number of benzene rings is 3. The molecule has 0 aromatic heterocycles. The van der Waals surface area contributed by atoms with Crippen LogP contribution in [0.5, 0.6) is 11.5 Å². The summed E-state index contributed by atoms with van der Waals surface area (Å²) in [5, 5.41) is 9.05. The topological polar surface area (TPSA) is 118 Å². The average Bonchev–Trinajstić information content (AvgIpc) is 2.87. The lowest BCUT2D eigenvalue weighted by atomic mass is 10.2. The Labute approximate surface area is 196 Å². The number of methoxy groups -OCH3 is 1. The molecule has 3 aromatic rings. The van der Waals surface area contributed by atoms with Crippen LogP contribution in [0.2, 0.25) is 0 Å². The molecule has 3 N–H and O–H groups in total. The zero-order valence-corrected chi connectivity index (χ0v) is 18.5. The Hall–Kier alpha value is -4.66. The molecule has 0 aliphatic rings. The van der Waals surface area contributed by atoms with Gasteiger partial charge in [0, 0.05) is 17.8 Å². The van der Waals surface area contributed by atoms with Gasteiger partial charge >= 0.3 is 11.8 Å². The average molecular weight is 460 g/mol. The number of hydrogen-bond donors (Lipinski definition) is 3. The second kappa shape index (κ2) is 12.4. The van der Waals surface area contributed by atoms with E-state index in [0.29, 0.717) is 22.7 Å². The molecule has 0 spiro atoms. The first-order valence-corrected chi connectivity index (χ1v) is 10.4. The summed E-state index contributed by atoms with van der Waals surface area (Å²) in [6.07, 6.45) is 1.33. The van der Waals surface area contributed by atoms with Crippen LogP contribution >= 0.6 is 0 Å². The van der Waals surface area contributed by atoms with Gasteiger partial charge in [0.15, 0.2) is 6.61 Å². The number of para-hydroxylation sites is 2. The van der Waals surface area contributed by atoms with E-state index >= 15 is 0 Å². The quantitative estimate of drug-likeness (QED) is 0.258. The number of rotatable bonds is 9. The maximum atomic E-state index is 12.1. The summed E-state index contributed by atoms with van der Waals surface area (Å²) in [5.41, 5.74) is 4.17. The first-order chi connectivity index (χ1) is 16.5. The van der Waals surface area contributed by atoms with Crippen LogP contribution in [0.25, 0.3) is 0 Å². The predicted molar refractivity (Wildman–Crippen MR) is 128 cm³/mol. The number of amides is 3. The molecule has 34 heavy (non-hydrogen) atoms. The Morgan fingerprint density at radius 1 is 0.882 bits per heavy atom. The van der Waals surface area contributed by atoms with Gasteiger partial charge in [0.25, 0.3) is 5.91 Å². The highest BCUT2D eigenvalue weighted by Gasteiger charge is 2.12. The maximum absolute atomic E-state index is 12.1. The smallest absolute Gasteiger partial charge is 0.329 e. The minimum Gasteiger partial charge on any atom is -0.497 e. The van der Waals surface area contributed by atoms with E-state index in [4.69, 9.17) is 9.47 Å². The van der Waals surface area contributed by atoms with Gasteiger partial charge in [-0.3, -0.25) is 14.4 Å². The van der Waals surface area contributed by atoms with E-state index in [0.717, 1.165) is 5.56 Å². The van der Waals surface area contributed by atoms with Crippen molar-refractivity contribution >= 4 is 29.6 Å². The van der Waals surface area contributed by atoms with E-state index in [1.54, 1.807) is 67.8 Å². The van der Waals surface area contributed by atoms with E-state index in [9.17, 15) is 14.4 Å². The molecule has 0 unspecified atom stereocenters.